The standard InChI is InChI=1S/C7H16ClNO/c1-4-9(2)5-7(8)6-10-3/h7H,4-6H2,1-3H3. The summed E-state index contributed by atoms with van der Waals surface area (Å²) < 4.78 is 4.89. The second-order valence-corrected chi connectivity index (χ2v) is 3.02. The van der Waals surface area contributed by atoms with Crippen molar-refractivity contribution in [2.45, 2.75) is 12.3 Å². The average molecular weight is 166 g/mol. The summed E-state index contributed by atoms with van der Waals surface area (Å²) in [6.07, 6.45) is 0. The fraction of sp³-hybridized carbons (Fsp3) is 1.00. The zero-order valence-electron chi connectivity index (χ0n) is 6.93. The molecule has 0 aromatic heterocycles. The summed E-state index contributed by atoms with van der Waals surface area (Å²) in [5, 5.41) is 0.120. The molecule has 0 aliphatic rings. The maximum absolute atomic E-state index is 5.89. The first-order valence-corrected chi connectivity index (χ1v) is 3.95. The maximum atomic E-state index is 5.89. The molecule has 0 fully saturated rings. The van der Waals surface area contributed by atoms with Crippen molar-refractivity contribution in [1.29, 1.82) is 0 Å². The molecule has 0 N–H and O–H groups in total. The van der Waals surface area contributed by atoms with Gasteiger partial charge in [-0.2, -0.15) is 0 Å². The van der Waals surface area contributed by atoms with Gasteiger partial charge in [-0.05, 0) is 13.6 Å². The molecule has 0 saturated carbocycles. The Morgan fingerprint density at radius 3 is 2.60 bits per heavy atom. The minimum atomic E-state index is 0.120. The molecule has 3 heteroatoms. The van der Waals surface area contributed by atoms with Crippen LogP contribution in [0.15, 0.2) is 0 Å². The average Bonchev–Trinajstić information content (AvgIpc) is 1.88. The predicted molar refractivity (Wildman–Crippen MR) is 44.7 cm³/mol. The van der Waals surface area contributed by atoms with Crippen LogP contribution in [-0.2, 0) is 4.74 Å². The Bertz CT molecular complexity index is 80.0. The van der Waals surface area contributed by atoms with Gasteiger partial charge in [-0.1, -0.05) is 6.92 Å². The van der Waals surface area contributed by atoms with E-state index in [-0.39, 0.29) is 5.38 Å². The van der Waals surface area contributed by atoms with Gasteiger partial charge < -0.3 is 9.64 Å². The topological polar surface area (TPSA) is 12.5 Å². The Morgan fingerprint density at radius 1 is 1.60 bits per heavy atom. The minimum absolute atomic E-state index is 0.120. The molecule has 0 heterocycles. The van der Waals surface area contributed by atoms with E-state index in [4.69, 9.17) is 16.3 Å². The summed E-state index contributed by atoms with van der Waals surface area (Å²) in [4.78, 5) is 2.16. The van der Waals surface area contributed by atoms with E-state index in [1.165, 1.54) is 0 Å². The first kappa shape index (κ1) is 10.2. The zero-order valence-corrected chi connectivity index (χ0v) is 7.69. The maximum Gasteiger partial charge on any atom is 0.0696 e. The molecule has 0 spiro atoms. The number of halogens is 1. The number of ether oxygens (including phenoxy) is 1. The third-order valence-corrected chi connectivity index (χ3v) is 1.66. The zero-order chi connectivity index (χ0) is 7.98. The van der Waals surface area contributed by atoms with Crippen LogP contribution in [0, 0.1) is 0 Å². The van der Waals surface area contributed by atoms with Crippen molar-refractivity contribution in [3.05, 3.63) is 0 Å². The Labute approximate surface area is 68.1 Å². The lowest BCUT2D eigenvalue weighted by molar-refractivity contribution is 0.184. The summed E-state index contributed by atoms with van der Waals surface area (Å²) in [5.41, 5.74) is 0. The number of hydrogen-bond donors (Lipinski definition) is 0. The normalized spacial score (nSPS) is 14.1. The van der Waals surface area contributed by atoms with Gasteiger partial charge in [0.25, 0.3) is 0 Å². The van der Waals surface area contributed by atoms with Crippen LogP contribution in [-0.4, -0.2) is 44.1 Å². The Morgan fingerprint density at radius 2 is 2.20 bits per heavy atom. The van der Waals surface area contributed by atoms with Crippen LogP contribution in [0.3, 0.4) is 0 Å². The lowest BCUT2D eigenvalue weighted by Gasteiger charge is -2.16. The Balaban J connectivity index is 3.27. The SMILES string of the molecule is CCN(C)CC(Cl)COC. The van der Waals surface area contributed by atoms with Crippen LogP contribution >= 0.6 is 11.6 Å². The van der Waals surface area contributed by atoms with Gasteiger partial charge in [0.15, 0.2) is 0 Å². The first-order chi connectivity index (χ1) is 4.70. The number of hydrogen-bond acceptors (Lipinski definition) is 2. The molecule has 0 aromatic rings. The molecule has 0 aliphatic carbocycles. The minimum Gasteiger partial charge on any atom is -0.383 e. The highest BCUT2D eigenvalue weighted by molar-refractivity contribution is 6.20. The molecule has 62 valence electrons. The predicted octanol–water partition coefficient (Wildman–Crippen LogP) is 1.19. The molecule has 0 saturated heterocycles. The van der Waals surface area contributed by atoms with E-state index >= 15 is 0 Å². The molecular weight excluding hydrogens is 150 g/mol. The number of alkyl halides is 1. The molecule has 1 atom stereocenters. The van der Waals surface area contributed by atoms with E-state index in [1.54, 1.807) is 7.11 Å². The van der Waals surface area contributed by atoms with Gasteiger partial charge in [0.05, 0.1) is 12.0 Å². The monoisotopic (exact) mass is 165 g/mol. The van der Waals surface area contributed by atoms with E-state index in [1.807, 2.05) is 7.05 Å². The van der Waals surface area contributed by atoms with Gasteiger partial charge in [0, 0.05) is 13.7 Å². The molecule has 0 amide bonds. The molecule has 0 aliphatic heterocycles. The summed E-state index contributed by atoms with van der Waals surface area (Å²) in [7, 11) is 3.71. The van der Waals surface area contributed by atoms with Crippen molar-refractivity contribution in [2.24, 2.45) is 0 Å². The van der Waals surface area contributed by atoms with Crippen molar-refractivity contribution in [3.8, 4) is 0 Å². The lowest BCUT2D eigenvalue weighted by atomic mass is 10.4. The van der Waals surface area contributed by atoms with Gasteiger partial charge in [-0.15, -0.1) is 11.6 Å². The fourth-order valence-corrected chi connectivity index (χ4v) is 1.06. The van der Waals surface area contributed by atoms with Crippen LogP contribution in [0.25, 0.3) is 0 Å². The second-order valence-electron chi connectivity index (χ2n) is 2.41. The molecule has 1 unspecified atom stereocenters. The summed E-state index contributed by atoms with van der Waals surface area (Å²) in [5.74, 6) is 0. The molecule has 0 radical (unpaired) electrons. The van der Waals surface area contributed by atoms with Crippen molar-refractivity contribution < 1.29 is 4.74 Å². The van der Waals surface area contributed by atoms with Crippen molar-refractivity contribution in [3.63, 3.8) is 0 Å². The molecule has 10 heavy (non-hydrogen) atoms. The number of rotatable bonds is 5. The molecule has 0 rings (SSSR count). The van der Waals surface area contributed by atoms with Crippen LogP contribution in [0.2, 0.25) is 0 Å². The molecule has 2 nitrogen and oxygen atoms in total. The van der Waals surface area contributed by atoms with Gasteiger partial charge >= 0.3 is 0 Å². The van der Waals surface area contributed by atoms with E-state index in [0.29, 0.717) is 6.61 Å². The smallest absolute Gasteiger partial charge is 0.0696 e. The first-order valence-electron chi connectivity index (χ1n) is 3.52. The molecule has 0 bridgehead atoms. The van der Waals surface area contributed by atoms with Crippen LogP contribution < -0.4 is 0 Å². The fourth-order valence-electron chi connectivity index (χ4n) is 0.701. The van der Waals surface area contributed by atoms with Crippen molar-refractivity contribution >= 4 is 11.6 Å². The second kappa shape index (κ2) is 5.96. The lowest BCUT2D eigenvalue weighted by Crippen LogP contribution is -2.28. The van der Waals surface area contributed by atoms with Crippen LogP contribution in [0.1, 0.15) is 6.92 Å². The Kier molecular flexibility index (Phi) is 6.08. The van der Waals surface area contributed by atoms with Gasteiger partial charge in [-0.25, -0.2) is 0 Å². The third-order valence-electron chi connectivity index (χ3n) is 1.40. The molecule has 0 aromatic carbocycles. The van der Waals surface area contributed by atoms with E-state index in [9.17, 15) is 0 Å². The largest absolute Gasteiger partial charge is 0.383 e. The summed E-state index contributed by atoms with van der Waals surface area (Å²) >= 11 is 5.89. The van der Waals surface area contributed by atoms with Gasteiger partial charge in [0.1, 0.15) is 0 Å². The summed E-state index contributed by atoms with van der Waals surface area (Å²) in [6.45, 7) is 4.67. The molecular formula is C7H16ClNO. The highest BCUT2D eigenvalue weighted by Crippen LogP contribution is 1.97. The van der Waals surface area contributed by atoms with Crippen LogP contribution in [0.5, 0.6) is 0 Å². The highest BCUT2D eigenvalue weighted by Gasteiger charge is 2.05. The van der Waals surface area contributed by atoms with Crippen molar-refractivity contribution in [1.82, 2.24) is 4.90 Å². The van der Waals surface area contributed by atoms with Gasteiger partial charge in [0.2, 0.25) is 0 Å². The third kappa shape index (κ3) is 5.03. The van der Waals surface area contributed by atoms with E-state index in [0.717, 1.165) is 13.1 Å². The van der Waals surface area contributed by atoms with E-state index < -0.39 is 0 Å². The van der Waals surface area contributed by atoms with E-state index in [2.05, 4.69) is 11.8 Å². The van der Waals surface area contributed by atoms with Crippen LogP contribution in [0.4, 0.5) is 0 Å². The number of methoxy groups -OCH3 is 1. The van der Waals surface area contributed by atoms with Crippen molar-refractivity contribution in [2.75, 3.05) is 33.9 Å². The Hall–Kier alpha value is 0.210. The van der Waals surface area contributed by atoms with Gasteiger partial charge in [-0.3, -0.25) is 0 Å². The number of nitrogens with zero attached hydrogens (tertiary/aromatic N) is 1. The quantitative estimate of drug-likeness (QED) is 0.568. The highest BCUT2D eigenvalue weighted by atomic mass is 35.5. The summed E-state index contributed by atoms with van der Waals surface area (Å²) in [6, 6.07) is 0.